The second kappa shape index (κ2) is 8.35. The van der Waals surface area contributed by atoms with E-state index in [4.69, 9.17) is 24.7 Å². The molecule has 0 saturated heterocycles. The molecule has 7 nitrogen and oxygen atoms in total. The molecule has 3 N–H and O–H groups in total. The SMILES string of the molecule is CCOC1CC(N)(C(=O)NCCc2ccc(OC)c(OC)c2OC)C1(C)C. The van der Waals surface area contributed by atoms with E-state index in [1.54, 1.807) is 21.3 Å². The molecule has 0 aromatic heterocycles. The summed E-state index contributed by atoms with van der Waals surface area (Å²) in [6.45, 7) is 6.97. The maximum Gasteiger partial charge on any atom is 0.240 e. The first-order valence-corrected chi connectivity index (χ1v) is 9.23. The lowest BCUT2D eigenvalue weighted by Crippen LogP contribution is -2.75. The zero-order valence-electron chi connectivity index (χ0n) is 17.2. The second-order valence-corrected chi connectivity index (χ2v) is 7.34. The van der Waals surface area contributed by atoms with Crippen molar-refractivity contribution >= 4 is 5.91 Å². The Kier molecular flexibility index (Phi) is 6.59. The number of nitrogens with two attached hydrogens (primary N) is 1. The number of nitrogens with one attached hydrogen (secondary N) is 1. The third kappa shape index (κ3) is 3.71. The van der Waals surface area contributed by atoms with Crippen LogP contribution in [0.1, 0.15) is 32.8 Å². The largest absolute Gasteiger partial charge is 0.493 e. The molecule has 27 heavy (non-hydrogen) atoms. The minimum absolute atomic E-state index is 0.00388. The molecule has 1 saturated carbocycles. The predicted octanol–water partition coefficient (Wildman–Crippen LogP) is 1.90. The highest BCUT2D eigenvalue weighted by Crippen LogP contribution is 2.49. The van der Waals surface area contributed by atoms with Gasteiger partial charge in [-0.15, -0.1) is 0 Å². The fourth-order valence-corrected chi connectivity index (χ4v) is 3.65. The van der Waals surface area contributed by atoms with Crippen LogP contribution in [0, 0.1) is 5.41 Å². The standard InChI is InChI=1S/C20H32N2O5/c1-7-27-15-12-20(21,19(15,2)3)18(23)22-11-10-13-8-9-14(24-4)17(26-6)16(13)25-5/h8-9,15H,7,10-12,21H2,1-6H3,(H,22,23). The van der Waals surface area contributed by atoms with Crippen molar-refractivity contribution < 1.29 is 23.7 Å². The Labute approximate surface area is 161 Å². The summed E-state index contributed by atoms with van der Waals surface area (Å²) in [7, 11) is 4.73. The monoisotopic (exact) mass is 380 g/mol. The Balaban J connectivity index is 2.02. The summed E-state index contributed by atoms with van der Waals surface area (Å²) < 4.78 is 21.9. The predicted molar refractivity (Wildman–Crippen MR) is 104 cm³/mol. The van der Waals surface area contributed by atoms with Gasteiger partial charge in [0, 0.05) is 30.6 Å². The first-order chi connectivity index (χ1) is 12.8. The van der Waals surface area contributed by atoms with Crippen LogP contribution in [-0.2, 0) is 16.0 Å². The smallest absolute Gasteiger partial charge is 0.240 e. The highest BCUT2D eigenvalue weighted by Gasteiger charge is 2.62. The Bertz CT molecular complexity index is 677. The van der Waals surface area contributed by atoms with E-state index >= 15 is 0 Å². The number of methoxy groups -OCH3 is 3. The van der Waals surface area contributed by atoms with Crippen LogP contribution in [0.2, 0.25) is 0 Å². The molecule has 0 aliphatic heterocycles. The van der Waals surface area contributed by atoms with E-state index in [9.17, 15) is 4.79 Å². The molecule has 2 unspecified atom stereocenters. The Morgan fingerprint density at radius 3 is 2.37 bits per heavy atom. The molecule has 2 atom stereocenters. The molecule has 1 aliphatic rings. The van der Waals surface area contributed by atoms with Crippen LogP contribution >= 0.6 is 0 Å². The van der Waals surface area contributed by atoms with Crippen molar-refractivity contribution in [3.8, 4) is 17.2 Å². The van der Waals surface area contributed by atoms with E-state index in [-0.39, 0.29) is 12.0 Å². The van der Waals surface area contributed by atoms with Gasteiger partial charge in [-0.3, -0.25) is 4.79 Å². The fraction of sp³-hybridized carbons (Fsp3) is 0.650. The molecule has 1 aliphatic carbocycles. The van der Waals surface area contributed by atoms with Gasteiger partial charge in [-0.1, -0.05) is 19.9 Å². The van der Waals surface area contributed by atoms with Crippen LogP contribution < -0.4 is 25.3 Å². The lowest BCUT2D eigenvalue weighted by Gasteiger charge is -2.57. The van der Waals surface area contributed by atoms with Gasteiger partial charge >= 0.3 is 0 Å². The van der Waals surface area contributed by atoms with Gasteiger partial charge < -0.3 is 30.0 Å². The minimum Gasteiger partial charge on any atom is -0.493 e. The lowest BCUT2D eigenvalue weighted by molar-refractivity contribution is -0.170. The highest BCUT2D eigenvalue weighted by atomic mass is 16.5. The molecular weight excluding hydrogens is 348 g/mol. The molecule has 0 bridgehead atoms. The zero-order valence-corrected chi connectivity index (χ0v) is 17.2. The number of benzene rings is 1. The normalized spacial score (nSPS) is 23.3. The van der Waals surface area contributed by atoms with Gasteiger partial charge in [-0.2, -0.15) is 0 Å². The first-order valence-electron chi connectivity index (χ1n) is 9.23. The van der Waals surface area contributed by atoms with E-state index in [1.165, 1.54) is 0 Å². The summed E-state index contributed by atoms with van der Waals surface area (Å²) in [6.07, 6.45) is 1.12. The maximum atomic E-state index is 12.7. The number of rotatable bonds is 9. The van der Waals surface area contributed by atoms with Crippen molar-refractivity contribution in [1.29, 1.82) is 0 Å². The molecule has 1 aromatic carbocycles. The summed E-state index contributed by atoms with van der Waals surface area (Å²) in [5.74, 6) is 1.59. The van der Waals surface area contributed by atoms with Crippen molar-refractivity contribution in [2.45, 2.75) is 45.3 Å². The van der Waals surface area contributed by atoms with E-state index < -0.39 is 11.0 Å². The summed E-state index contributed by atoms with van der Waals surface area (Å²) in [4.78, 5) is 12.7. The van der Waals surface area contributed by atoms with Crippen LogP contribution in [0.5, 0.6) is 17.2 Å². The molecule has 2 rings (SSSR count). The second-order valence-electron chi connectivity index (χ2n) is 7.34. The zero-order chi connectivity index (χ0) is 20.2. The molecule has 1 amide bonds. The average molecular weight is 380 g/mol. The van der Waals surface area contributed by atoms with E-state index in [2.05, 4.69) is 5.32 Å². The van der Waals surface area contributed by atoms with Crippen LogP contribution in [0.3, 0.4) is 0 Å². The maximum absolute atomic E-state index is 12.7. The summed E-state index contributed by atoms with van der Waals surface area (Å²) in [6, 6.07) is 3.73. The average Bonchev–Trinajstić information content (AvgIpc) is 2.66. The van der Waals surface area contributed by atoms with Crippen molar-refractivity contribution in [2.75, 3.05) is 34.5 Å². The van der Waals surface area contributed by atoms with Crippen LogP contribution in [0.15, 0.2) is 12.1 Å². The van der Waals surface area contributed by atoms with Crippen molar-refractivity contribution in [3.63, 3.8) is 0 Å². The van der Waals surface area contributed by atoms with Gasteiger partial charge in [0.05, 0.1) is 27.4 Å². The third-order valence-corrected chi connectivity index (χ3v) is 5.70. The molecule has 1 aromatic rings. The van der Waals surface area contributed by atoms with Gasteiger partial charge in [-0.25, -0.2) is 0 Å². The number of hydrogen-bond donors (Lipinski definition) is 2. The van der Waals surface area contributed by atoms with Gasteiger partial charge in [-0.05, 0) is 19.4 Å². The van der Waals surface area contributed by atoms with Crippen LogP contribution in [0.4, 0.5) is 0 Å². The highest BCUT2D eigenvalue weighted by molar-refractivity contribution is 5.88. The third-order valence-electron chi connectivity index (χ3n) is 5.70. The molecule has 7 heteroatoms. The number of amides is 1. The van der Waals surface area contributed by atoms with Gasteiger partial charge in [0.2, 0.25) is 11.7 Å². The molecule has 0 radical (unpaired) electrons. The van der Waals surface area contributed by atoms with Crippen molar-refractivity contribution in [3.05, 3.63) is 17.7 Å². The van der Waals surface area contributed by atoms with Crippen LogP contribution in [-0.4, -0.2) is 52.0 Å². The van der Waals surface area contributed by atoms with Crippen molar-refractivity contribution in [2.24, 2.45) is 11.1 Å². The minimum atomic E-state index is -0.922. The molecular formula is C20H32N2O5. The number of carbonyl (C=O) groups is 1. The number of carbonyl (C=O) groups excluding carboxylic acids is 1. The summed E-state index contributed by atoms with van der Waals surface area (Å²) in [5.41, 5.74) is 6.00. The molecule has 0 spiro atoms. The summed E-state index contributed by atoms with van der Waals surface area (Å²) in [5, 5.41) is 2.96. The Morgan fingerprint density at radius 2 is 1.85 bits per heavy atom. The molecule has 1 fully saturated rings. The van der Waals surface area contributed by atoms with Crippen LogP contribution in [0.25, 0.3) is 0 Å². The van der Waals surface area contributed by atoms with Gasteiger partial charge in [0.25, 0.3) is 0 Å². The quantitative estimate of drug-likeness (QED) is 0.680. The molecule has 0 heterocycles. The Morgan fingerprint density at radius 1 is 1.19 bits per heavy atom. The van der Waals surface area contributed by atoms with E-state index in [0.29, 0.717) is 43.2 Å². The van der Waals surface area contributed by atoms with Gasteiger partial charge in [0.1, 0.15) is 5.54 Å². The summed E-state index contributed by atoms with van der Waals surface area (Å²) >= 11 is 0. The topological polar surface area (TPSA) is 92.0 Å². The lowest BCUT2D eigenvalue weighted by atomic mass is 9.54. The van der Waals surface area contributed by atoms with Gasteiger partial charge in [0.15, 0.2) is 11.5 Å². The Hall–Kier alpha value is -1.99. The number of hydrogen-bond acceptors (Lipinski definition) is 6. The molecule has 152 valence electrons. The van der Waals surface area contributed by atoms with E-state index in [0.717, 1.165) is 5.56 Å². The first kappa shape index (κ1) is 21.3. The number of ether oxygens (including phenoxy) is 4. The van der Waals surface area contributed by atoms with Crippen molar-refractivity contribution in [1.82, 2.24) is 5.32 Å². The fourth-order valence-electron chi connectivity index (χ4n) is 3.65. The van der Waals surface area contributed by atoms with E-state index in [1.807, 2.05) is 32.9 Å².